The van der Waals surface area contributed by atoms with E-state index in [0.29, 0.717) is 0 Å². The molecule has 0 spiro atoms. The Morgan fingerprint density at radius 2 is 0.336 bits per heavy atom. The van der Waals surface area contributed by atoms with Crippen LogP contribution in [0.3, 0.4) is 0 Å². The Hall–Kier alpha value is -14.6. The molecule has 0 bridgehead atoms. The Morgan fingerprint density at radius 3 is 0.496 bits per heavy atom. The third-order valence-electron chi connectivity index (χ3n) is 22.5. The second-order valence-corrected chi connectivity index (χ2v) is 28.9. The Labute approximate surface area is 704 Å². The highest BCUT2D eigenvalue weighted by atomic mass is 16.5. The molecule has 15 rings (SSSR count). The fraction of sp³-hybridized carbons (Fsp3) is 0.147. The number of benzene rings is 15. The van der Waals surface area contributed by atoms with Gasteiger partial charge < -0.3 is 34.1 Å². The van der Waals surface area contributed by atoms with Crippen LogP contribution in [0.1, 0.15) is 91.6 Å². The maximum atomic E-state index is 11.1. The fourth-order valence-electron chi connectivity index (χ4n) is 16.2. The van der Waals surface area contributed by atoms with Gasteiger partial charge in [0.15, 0.2) is 0 Å². The second-order valence-electron chi connectivity index (χ2n) is 28.9. The molecule has 0 radical (unpaired) electrons. The number of ether oxygens (including phenoxy) is 1. The van der Waals surface area contributed by atoms with Crippen molar-refractivity contribution in [2.45, 2.75) is 57.8 Å². The van der Waals surface area contributed by atoms with Gasteiger partial charge in [0, 0.05) is 108 Å². The number of para-hydroxylation sites is 6. The van der Waals surface area contributed by atoms with Crippen LogP contribution in [0.25, 0.3) is 0 Å². The zero-order chi connectivity index (χ0) is 82.8. The van der Waals surface area contributed by atoms with Gasteiger partial charge in [-0.3, -0.25) is 0 Å². The van der Waals surface area contributed by atoms with Gasteiger partial charge in [0.05, 0.1) is 25.3 Å². The number of hydrogen-bond acceptors (Lipinski definition) is 10. The van der Waals surface area contributed by atoms with E-state index in [1.54, 1.807) is 7.11 Å². The van der Waals surface area contributed by atoms with Crippen molar-refractivity contribution in [3.63, 3.8) is 0 Å². The molecule has 0 saturated carbocycles. The van der Waals surface area contributed by atoms with Crippen molar-refractivity contribution in [3.05, 3.63) is 463 Å². The predicted octanol–water partition coefficient (Wildman–Crippen LogP) is 26.6. The second kappa shape index (κ2) is 39.6. The number of nitriles is 3. The number of nitrogens with zero attached hydrogens (tertiary/aromatic N) is 9. The van der Waals surface area contributed by atoms with Crippen LogP contribution >= 0.6 is 0 Å². The maximum Gasteiger partial charge on any atom is 0.132 e. The summed E-state index contributed by atoms with van der Waals surface area (Å²) in [5, 5.41) is 32.7. The van der Waals surface area contributed by atoms with E-state index in [4.69, 9.17) is 4.74 Å². The number of rotatable bonds is 28. The molecule has 0 amide bonds. The Balaban J connectivity index is 0.000000157. The van der Waals surface area contributed by atoms with Crippen LogP contribution in [0.2, 0.25) is 0 Å². The van der Waals surface area contributed by atoms with Gasteiger partial charge in [-0.1, -0.05) is 255 Å². The highest BCUT2D eigenvalue weighted by molar-refractivity contribution is 5.80. The van der Waals surface area contributed by atoms with Crippen LogP contribution in [0, 0.1) is 34.0 Å². The van der Waals surface area contributed by atoms with Crippen molar-refractivity contribution in [2.24, 2.45) is 0 Å². The zero-order valence-electron chi connectivity index (χ0n) is 68.9. The molecule has 1 atom stereocenters. The molecule has 10 heteroatoms. The first-order valence-electron chi connectivity index (χ1n) is 41.1. The van der Waals surface area contributed by atoms with Crippen LogP contribution < -0.4 is 34.1 Å². The highest BCUT2D eigenvalue weighted by Gasteiger charge is 2.40. The number of methoxy groups -OCH3 is 1. The summed E-state index contributed by atoms with van der Waals surface area (Å²) in [5.74, 6) is 0.777. The molecule has 0 heterocycles. The first kappa shape index (κ1) is 82.4. The van der Waals surface area contributed by atoms with Crippen molar-refractivity contribution in [1.82, 2.24) is 0 Å². The van der Waals surface area contributed by atoms with Gasteiger partial charge in [-0.2, -0.15) is 15.8 Å². The van der Waals surface area contributed by atoms with Crippen molar-refractivity contribution in [1.29, 1.82) is 15.8 Å². The lowest BCUT2D eigenvalue weighted by Gasteiger charge is -2.31. The quantitative estimate of drug-likeness (QED) is 0.0441. The van der Waals surface area contributed by atoms with Gasteiger partial charge in [-0.05, 0) is 249 Å². The van der Waals surface area contributed by atoms with Crippen LogP contribution in [0.4, 0.5) is 68.2 Å². The van der Waals surface area contributed by atoms with E-state index in [9.17, 15) is 15.8 Å². The Kier molecular flexibility index (Phi) is 27.4. The zero-order valence-corrected chi connectivity index (χ0v) is 68.9. The summed E-state index contributed by atoms with van der Waals surface area (Å²) in [5.41, 5.74) is 18.6. The van der Waals surface area contributed by atoms with E-state index < -0.39 is 16.2 Å². The first-order valence-corrected chi connectivity index (χ1v) is 41.1. The molecule has 588 valence electrons. The van der Waals surface area contributed by atoms with E-state index in [2.05, 4.69) is 392 Å². The standard InChI is InChI=1S/C44H33N3.C36H33N3.C29H35N3O/c45-34-44(35-16-6-1-7-17-35,36-26-30-42(31-27-36)46(38-18-8-2-9-19-38)39-20-10-3-11-21-39)37-28-32-43(33-29-37)47(40-22-12-4-13-23-40)41-24-14-5-15-25-41;1-3-38(4-2)32-24-20-30(21-25-32)36(28-37,29-14-8-5-9-15-29)31-22-26-35(27-23-31)39(33-16-10-6-11-17-33)34-18-12-7-13-19-34;1-6-31(7-2)26-16-10-23(11-17-26)29(22-30,25-14-20-28(33-5)21-15-25)24-12-18-27(19-13-24)32(8-3)9-4/h1-33H;5-27H,3-4H2,1-2H3;10-21H,6-9H2,1-5H3. The minimum atomic E-state index is -1.02. The highest BCUT2D eigenvalue weighted by Crippen LogP contribution is 2.47. The third-order valence-corrected chi connectivity index (χ3v) is 22.5. The lowest BCUT2D eigenvalue weighted by atomic mass is 9.70. The lowest BCUT2D eigenvalue weighted by Crippen LogP contribution is -2.28. The predicted molar refractivity (Wildman–Crippen MR) is 496 cm³/mol. The van der Waals surface area contributed by atoms with Crippen molar-refractivity contribution in [2.75, 3.05) is 75.8 Å². The van der Waals surface area contributed by atoms with Crippen LogP contribution in [-0.4, -0.2) is 46.4 Å². The van der Waals surface area contributed by atoms with Crippen molar-refractivity contribution in [3.8, 4) is 24.0 Å². The minimum absolute atomic E-state index is 0.777. The SMILES string of the molecule is CCN(CC)c1ccc(C(C#N)(c2ccc(OC)cc2)c2ccc(N(CC)CC)cc2)cc1.CCN(CC)c1ccc(C(C#N)(c2ccccc2)c2ccc(N(c3ccccc3)c3ccccc3)cc2)cc1.N#CC(c1ccccc1)(c1ccc(N(c2ccccc2)c2ccccc2)cc1)c1ccc(N(c2ccccc2)c2ccccc2)cc1. The Morgan fingerprint density at radius 1 is 0.193 bits per heavy atom. The van der Waals surface area contributed by atoms with E-state index in [1.165, 1.54) is 17.1 Å². The summed E-state index contributed by atoms with van der Waals surface area (Å²) >= 11 is 0. The maximum absolute atomic E-state index is 11.1. The van der Waals surface area contributed by atoms with Crippen LogP contribution in [-0.2, 0) is 16.2 Å². The van der Waals surface area contributed by atoms with Crippen LogP contribution in [0.15, 0.2) is 413 Å². The normalized spacial score (nSPS) is 11.4. The molecule has 15 aromatic rings. The van der Waals surface area contributed by atoms with Gasteiger partial charge in [0.1, 0.15) is 22.0 Å². The molecule has 1 unspecified atom stereocenters. The minimum Gasteiger partial charge on any atom is -0.497 e. The molecule has 0 aliphatic heterocycles. The smallest absolute Gasteiger partial charge is 0.132 e. The molecule has 0 aromatic heterocycles. The fourth-order valence-corrected chi connectivity index (χ4v) is 16.2. The third kappa shape index (κ3) is 17.8. The molecule has 0 saturated heterocycles. The Bertz CT molecular complexity index is 5430. The monoisotopic (exact) mass is 1550 g/mol. The summed E-state index contributed by atoms with van der Waals surface area (Å²) in [6.07, 6.45) is 0. The summed E-state index contributed by atoms with van der Waals surface area (Å²) in [6, 6.07) is 149. The van der Waals surface area contributed by atoms with E-state index in [-0.39, 0.29) is 0 Å². The molecule has 0 aliphatic rings. The lowest BCUT2D eigenvalue weighted by molar-refractivity contribution is 0.414. The first-order chi connectivity index (χ1) is 58.6. The summed E-state index contributed by atoms with van der Waals surface area (Å²) in [7, 11) is 1.66. The van der Waals surface area contributed by atoms with E-state index in [0.717, 1.165) is 146 Å². The van der Waals surface area contributed by atoms with Crippen LogP contribution in [0.5, 0.6) is 5.75 Å². The van der Waals surface area contributed by atoms with Gasteiger partial charge in [-0.15, -0.1) is 0 Å². The number of hydrogen-bond donors (Lipinski definition) is 0. The van der Waals surface area contributed by atoms with Gasteiger partial charge in [-0.25, -0.2) is 0 Å². The molecule has 0 fully saturated rings. The molecule has 0 aliphatic carbocycles. The van der Waals surface area contributed by atoms with E-state index >= 15 is 0 Å². The molecule has 15 aromatic carbocycles. The summed E-state index contributed by atoms with van der Waals surface area (Å²) in [6.45, 7) is 18.6. The summed E-state index contributed by atoms with van der Waals surface area (Å²) in [4.78, 5) is 13.6. The molecular weight excluding hydrogens is 1450 g/mol. The van der Waals surface area contributed by atoms with Gasteiger partial charge in [0.2, 0.25) is 0 Å². The van der Waals surface area contributed by atoms with Gasteiger partial charge >= 0.3 is 0 Å². The molecular formula is C109H101N9O. The average Bonchev–Trinajstić information content (AvgIpc) is 0.759. The number of anilines is 12. The largest absolute Gasteiger partial charge is 0.497 e. The molecule has 0 N–H and O–H groups in total. The van der Waals surface area contributed by atoms with Gasteiger partial charge in [0.25, 0.3) is 0 Å². The topological polar surface area (TPSA) is 100 Å². The van der Waals surface area contributed by atoms with E-state index in [1.807, 2.05) is 109 Å². The summed E-state index contributed by atoms with van der Waals surface area (Å²) < 4.78 is 5.37. The molecule has 10 nitrogen and oxygen atoms in total. The van der Waals surface area contributed by atoms with Crippen molar-refractivity contribution >= 4 is 68.2 Å². The molecule has 119 heavy (non-hydrogen) atoms. The average molecular weight is 1550 g/mol. The van der Waals surface area contributed by atoms with Crippen molar-refractivity contribution < 1.29 is 4.74 Å².